The standard InChI is InChI=1S/C5H4N2S/c1-2-8-5-4(1)6-3-7-5/h1-2H,3H2. The van der Waals surface area contributed by atoms with Crippen molar-refractivity contribution in [3.05, 3.63) is 21.5 Å². The van der Waals surface area contributed by atoms with Gasteiger partial charge in [-0.2, -0.15) is 0 Å². The molecule has 0 saturated heterocycles. The molecule has 0 amide bonds. The summed E-state index contributed by atoms with van der Waals surface area (Å²) in [6, 6.07) is 2.00. The number of fused-ring (bicyclic) bond motifs is 1. The van der Waals surface area contributed by atoms with Crippen molar-refractivity contribution in [3.8, 4) is 0 Å². The van der Waals surface area contributed by atoms with Gasteiger partial charge in [0.05, 0.1) is 5.36 Å². The van der Waals surface area contributed by atoms with Crippen LogP contribution in [-0.2, 0) is 0 Å². The quantitative estimate of drug-likeness (QED) is 0.463. The minimum absolute atomic E-state index is 0.641. The zero-order valence-corrected chi connectivity index (χ0v) is 4.98. The van der Waals surface area contributed by atoms with E-state index in [4.69, 9.17) is 0 Å². The van der Waals surface area contributed by atoms with Gasteiger partial charge in [-0.05, 0) is 11.4 Å². The van der Waals surface area contributed by atoms with Crippen LogP contribution in [0, 0.1) is 0 Å². The lowest BCUT2D eigenvalue weighted by molar-refractivity contribution is 1.06. The topological polar surface area (TPSA) is 24.7 Å². The van der Waals surface area contributed by atoms with E-state index in [1.165, 1.54) is 0 Å². The monoisotopic (exact) mass is 124 g/mol. The first-order valence-corrected chi connectivity index (χ1v) is 3.27. The van der Waals surface area contributed by atoms with Crippen molar-refractivity contribution >= 4 is 11.3 Å². The average Bonchev–Trinajstić information content (AvgIpc) is 2.15. The molecule has 2 nitrogen and oxygen atoms in total. The van der Waals surface area contributed by atoms with E-state index in [1.54, 1.807) is 11.3 Å². The largest absolute Gasteiger partial charge is 0.259 e. The van der Waals surface area contributed by atoms with Gasteiger partial charge < -0.3 is 0 Å². The Balaban J connectivity index is 3.08. The lowest BCUT2D eigenvalue weighted by Crippen LogP contribution is -2.12. The molecule has 1 aromatic heterocycles. The van der Waals surface area contributed by atoms with E-state index in [-0.39, 0.29) is 0 Å². The van der Waals surface area contributed by atoms with Crippen LogP contribution in [-0.4, -0.2) is 6.67 Å². The number of thiophene rings is 1. The van der Waals surface area contributed by atoms with Crippen LogP contribution < -0.4 is 10.0 Å². The zero-order chi connectivity index (χ0) is 5.40. The predicted molar refractivity (Wildman–Crippen MR) is 31.5 cm³/mol. The molecule has 0 aromatic carbocycles. The molecule has 0 bridgehead atoms. The first-order chi connectivity index (χ1) is 3.97. The second-order valence-corrected chi connectivity index (χ2v) is 2.46. The summed E-state index contributed by atoms with van der Waals surface area (Å²) >= 11 is 1.65. The highest BCUT2D eigenvalue weighted by Crippen LogP contribution is 1.84. The first kappa shape index (κ1) is 4.21. The van der Waals surface area contributed by atoms with E-state index in [2.05, 4.69) is 9.98 Å². The normalized spacial score (nSPS) is 14.5. The highest BCUT2D eigenvalue weighted by molar-refractivity contribution is 7.07. The Morgan fingerprint density at radius 2 is 2.50 bits per heavy atom. The number of nitrogens with zero attached hydrogens (tertiary/aromatic N) is 2. The maximum Gasteiger partial charge on any atom is 0.138 e. The zero-order valence-electron chi connectivity index (χ0n) is 4.16. The van der Waals surface area contributed by atoms with E-state index in [9.17, 15) is 0 Å². The van der Waals surface area contributed by atoms with E-state index in [0.717, 1.165) is 10.0 Å². The van der Waals surface area contributed by atoms with Crippen molar-refractivity contribution in [3.63, 3.8) is 0 Å². The van der Waals surface area contributed by atoms with Crippen LogP contribution in [0.1, 0.15) is 0 Å². The van der Waals surface area contributed by atoms with Crippen molar-refractivity contribution in [1.29, 1.82) is 0 Å². The Labute approximate surface area is 50.2 Å². The fourth-order valence-electron chi connectivity index (χ4n) is 0.709. The molecule has 2 heterocycles. The van der Waals surface area contributed by atoms with Crippen LogP contribution in [0.25, 0.3) is 0 Å². The van der Waals surface area contributed by atoms with Crippen LogP contribution >= 0.6 is 11.3 Å². The lowest BCUT2D eigenvalue weighted by Gasteiger charge is -1.66. The van der Waals surface area contributed by atoms with Crippen LogP contribution in [0.2, 0.25) is 0 Å². The fraction of sp³-hybridized carbons (Fsp3) is 0.200. The van der Waals surface area contributed by atoms with Gasteiger partial charge in [0.2, 0.25) is 0 Å². The van der Waals surface area contributed by atoms with Gasteiger partial charge in [0.15, 0.2) is 0 Å². The Morgan fingerprint density at radius 1 is 1.50 bits per heavy atom. The molecule has 0 spiro atoms. The SMILES string of the molecule is c1cc2c(s1)=NCN=2. The van der Waals surface area contributed by atoms with Crippen LogP contribution in [0.3, 0.4) is 0 Å². The molecule has 3 heteroatoms. The number of hydrogen-bond donors (Lipinski definition) is 0. The number of rotatable bonds is 0. The van der Waals surface area contributed by atoms with E-state index in [0.29, 0.717) is 6.67 Å². The molecule has 0 fully saturated rings. The van der Waals surface area contributed by atoms with E-state index < -0.39 is 0 Å². The minimum Gasteiger partial charge on any atom is -0.259 e. The van der Waals surface area contributed by atoms with Crippen molar-refractivity contribution in [2.45, 2.75) is 0 Å². The maximum atomic E-state index is 4.11. The molecule has 0 unspecified atom stereocenters. The molecular formula is C5H4N2S. The van der Waals surface area contributed by atoms with Crippen molar-refractivity contribution in [2.75, 3.05) is 6.67 Å². The summed E-state index contributed by atoms with van der Waals surface area (Å²) in [7, 11) is 0. The molecule has 0 N–H and O–H groups in total. The first-order valence-electron chi connectivity index (χ1n) is 2.39. The molecule has 1 aliphatic heterocycles. The van der Waals surface area contributed by atoms with Crippen LogP contribution in [0.4, 0.5) is 0 Å². The second-order valence-electron chi connectivity index (χ2n) is 1.57. The van der Waals surface area contributed by atoms with Gasteiger partial charge in [-0.15, -0.1) is 11.3 Å². The fourth-order valence-corrected chi connectivity index (χ4v) is 1.42. The van der Waals surface area contributed by atoms with Gasteiger partial charge in [0.25, 0.3) is 0 Å². The Kier molecular flexibility index (Phi) is 0.729. The molecule has 0 saturated carbocycles. The molecule has 2 rings (SSSR count). The lowest BCUT2D eigenvalue weighted by atomic mass is 10.6. The molecular weight excluding hydrogens is 120 g/mol. The molecule has 40 valence electrons. The van der Waals surface area contributed by atoms with Gasteiger partial charge >= 0.3 is 0 Å². The summed E-state index contributed by atoms with van der Waals surface area (Å²) in [5.74, 6) is 0. The van der Waals surface area contributed by atoms with E-state index >= 15 is 0 Å². The minimum atomic E-state index is 0.641. The third-order valence-electron chi connectivity index (χ3n) is 1.08. The average molecular weight is 124 g/mol. The predicted octanol–water partition coefficient (Wildman–Crippen LogP) is -0.0416. The summed E-state index contributed by atoms with van der Waals surface area (Å²) in [5, 5.41) is 3.08. The van der Waals surface area contributed by atoms with Gasteiger partial charge in [-0.25, -0.2) is 4.99 Å². The third kappa shape index (κ3) is 0.419. The Hall–Kier alpha value is -0.700. The molecule has 1 aliphatic rings. The molecule has 0 atom stereocenters. The maximum absolute atomic E-state index is 4.11. The second kappa shape index (κ2) is 1.39. The van der Waals surface area contributed by atoms with Gasteiger partial charge in [0, 0.05) is 0 Å². The Morgan fingerprint density at radius 3 is 3.38 bits per heavy atom. The van der Waals surface area contributed by atoms with Gasteiger partial charge in [-0.1, -0.05) is 0 Å². The Bertz CT molecular complexity index is 270. The summed E-state index contributed by atoms with van der Waals surface area (Å²) in [5.41, 5.74) is 0. The summed E-state index contributed by atoms with van der Waals surface area (Å²) in [4.78, 5) is 8.21. The molecule has 0 radical (unpaired) electrons. The highest BCUT2D eigenvalue weighted by Gasteiger charge is 1.92. The molecule has 8 heavy (non-hydrogen) atoms. The van der Waals surface area contributed by atoms with Crippen LogP contribution in [0.5, 0.6) is 0 Å². The van der Waals surface area contributed by atoms with Crippen LogP contribution in [0.15, 0.2) is 21.4 Å². The van der Waals surface area contributed by atoms with Crippen molar-refractivity contribution < 1.29 is 0 Å². The van der Waals surface area contributed by atoms with Gasteiger partial charge in [-0.3, -0.25) is 4.99 Å². The van der Waals surface area contributed by atoms with Crippen molar-refractivity contribution in [2.24, 2.45) is 9.98 Å². The smallest absolute Gasteiger partial charge is 0.138 e. The van der Waals surface area contributed by atoms with Gasteiger partial charge in [0.1, 0.15) is 11.3 Å². The highest BCUT2D eigenvalue weighted by atomic mass is 32.1. The van der Waals surface area contributed by atoms with E-state index in [1.807, 2.05) is 11.4 Å². The summed E-state index contributed by atoms with van der Waals surface area (Å²) < 4.78 is 1.09. The summed E-state index contributed by atoms with van der Waals surface area (Å²) in [6.07, 6.45) is 0. The van der Waals surface area contributed by atoms with Crippen molar-refractivity contribution in [1.82, 2.24) is 0 Å². The molecule has 1 aromatic rings. The number of hydrogen-bond acceptors (Lipinski definition) is 3. The summed E-state index contributed by atoms with van der Waals surface area (Å²) in [6.45, 7) is 0.641. The molecule has 0 aliphatic carbocycles. The third-order valence-corrected chi connectivity index (χ3v) is 1.91.